The van der Waals surface area contributed by atoms with Gasteiger partial charge in [-0.2, -0.15) is 0 Å². The van der Waals surface area contributed by atoms with E-state index >= 15 is 0 Å². The van der Waals surface area contributed by atoms with Crippen LogP contribution in [0.3, 0.4) is 0 Å². The van der Waals surface area contributed by atoms with E-state index in [1.807, 2.05) is 4.90 Å². The van der Waals surface area contributed by atoms with Gasteiger partial charge in [-0.15, -0.1) is 0 Å². The van der Waals surface area contributed by atoms with E-state index in [2.05, 4.69) is 5.32 Å². The summed E-state index contributed by atoms with van der Waals surface area (Å²) < 4.78 is 24.4. The van der Waals surface area contributed by atoms with E-state index < -0.39 is 15.1 Å². The number of hydrogen-bond acceptors (Lipinski definition) is 4. The van der Waals surface area contributed by atoms with Crippen molar-refractivity contribution in [3.05, 3.63) is 0 Å². The van der Waals surface area contributed by atoms with E-state index in [-0.39, 0.29) is 11.7 Å². The number of nitrogens with one attached hydrogen (secondary N) is 1. The molecule has 0 spiro atoms. The normalized spacial score (nSPS) is 30.0. The number of carbonyl (C=O) groups is 1. The topological polar surface area (TPSA) is 66.5 Å². The van der Waals surface area contributed by atoms with Crippen molar-refractivity contribution in [3.63, 3.8) is 0 Å². The molecule has 1 N–H and O–H groups in total. The van der Waals surface area contributed by atoms with Crippen LogP contribution in [-0.2, 0) is 14.6 Å². The molecule has 1 aliphatic carbocycles. The van der Waals surface area contributed by atoms with Gasteiger partial charge in [-0.1, -0.05) is 6.42 Å². The van der Waals surface area contributed by atoms with Crippen LogP contribution in [0, 0.1) is 5.92 Å². The van der Waals surface area contributed by atoms with Gasteiger partial charge < -0.3 is 10.2 Å². The van der Waals surface area contributed by atoms with E-state index in [0.29, 0.717) is 24.8 Å². The summed E-state index contributed by atoms with van der Waals surface area (Å²) in [7, 11) is -3.22. The molecule has 21 heavy (non-hydrogen) atoms. The van der Waals surface area contributed by atoms with E-state index in [4.69, 9.17) is 0 Å². The third kappa shape index (κ3) is 3.59. The molecule has 120 valence electrons. The molecule has 2 aliphatic heterocycles. The first kappa shape index (κ1) is 15.3. The molecule has 1 saturated carbocycles. The van der Waals surface area contributed by atoms with Crippen molar-refractivity contribution in [1.82, 2.24) is 10.2 Å². The number of nitrogens with zero attached hydrogens (tertiary/aromatic N) is 1. The number of amides is 1. The average Bonchev–Trinajstić information content (AvgIpc) is 3.29. The van der Waals surface area contributed by atoms with Crippen molar-refractivity contribution in [1.29, 1.82) is 0 Å². The quantitative estimate of drug-likeness (QED) is 0.839. The molecule has 2 heterocycles. The predicted octanol–water partition coefficient (Wildman–Crippen LogP) is 0.944. The first-order valence-electron chi connectivity index (χ1n) is 8.31. The van der Waals surface area contributed by atoms with Crippen LogP contribution >= 0.6 is 0 Å². The lowest BCUT2D eigenvalue weighted by molar-refractivity contribution is -0.132. The predicted molar refractivity (Wildman–Crippen MR) is 81.8 cm³/mol. The second-order valence-electron chi connectivity index (χ2n) is 6.77. The minimum Gasteiger partial charge on any atom is -0.338 e. The smallest absolute Gasteiger partial charge is 0.241 e. The zero-order chi connectivity index (χ0) is 14.9. The van der Waals surface area contributed by atoms with Crippen LogP contribution in [-0.4, -0.2) is 55.9 Å². The Labute approximate surface area is 127 Å². The molecule has 0 aromatic carbocycles. The van der Waals surface area contributed by atoms with E-state index in [9.17, 15) is 13.2 Å². The second kappa shape index (κ2) is 6.24. The molecular weight excluding hydrogens is 288 g/mol. The molecule has 0 bridgehead atoms. The van der Waals surface area contributed by atoms with E-state index in [1.165, 1.54) is 0 Å². The number of rotatable bonds is 4. The van der Waals surface area contributed by atoms with Crippen molar-refractivity contribution in [3.8, 4) is 0 Å². The van der Waals surface area contributed by atoms with Crippen LogP contribution in [0.1, 0.15) is 44.9 Å². The summed E-state index contributed by atoms with van der Waals surface area (Å²) in [5, 5.41) is 2.58. The van der Waals surface area contributed by atoms with Crippen LogP contribution < -0.4 is 5.32 Å². The van der Waals surface area contributed by atoms with Gasteiger partial charge in [0.05, 0.1) is 5.75 Å². The molecule has 0 aromatic rings. The number of hydrogen-bond donors (Lipinski definition) is 1. The average molecular weight is 314 g/mol. The zero-order valence-electron chi connectivity index (χ0n) is 12.6. The molecule has 5 nitrogen and oxygen atoms in total. The highest BCUT2D eigenvalue weighted by atomic mass is 32.2. The largest absolute Gasteiger partial charge is 0.338 e. The lowest BCUT2D eigenvalue weighted by atomic mass is 9.97. The van der Waals surface area contributed by atoms with Gasteiger partial charge in [-0.3, -0.25) is 4.79 Å². The van der Waals surface area contributed by atoms with Gasteiger partial charge in [0.25, 0.3) is 0 Å². The Balaban J connectivity index is 1.69. The van der Waals surface area contributed by atoms with Crippen LogP contribution in [0.2, 0.25) is 0 Å². The second-order valence-corrected chi connectivity index (χ2v) is 9.07. The number of piperidine rings is 1. The molecular formula is C15H26N2O3S. The van der Waals surface area contributed by atoms with Crippen LogP contribution in [0.4, 0.5) is 0 Å². The minimum absolute atomic E-state index is 0.101. The van der Waals surface area contributed by atoms with Gasteiger partial charge in [0.2, 0.25) is 5.91 Å². The SMILES string of the molecule is O=C(C1CCCCS1(=O)=O)N(CC1CCNCC1)C1CC1. The summed E-state index contributed by atoms with van der Waals surface area (Å²) in [6.45, 7) is 2.79. The van der Waals surface area contributed by atoms with Crippen LogP contribution in [0.15, 0.2) is 0 Å². The number of carbonyl (C=O) groups excluding carboxylic acids is 1. The fourth-order valence-corrected chi connectivity index (χ4v) is 5.42. The fourth-order valence-electron chi connectivity index (χ4n) is 3.56. The molecule has 3 aliphatic rings. The number of sulfone groups is 1. The third-order valence-corrected chi connectivity index (χ3v) is 7.20. The lowest BCUT2D eigenvalue weighted by Crippen LogP contribution is -2.48. The van der Waals surface area contributed by atoms with E-state index in [0.717, 1.165) is 51.7 Å². The fraction of sp³-hybridized carbons (Fsp3) is 0.933. The first-order chi connectivity index (χ1) is 10.1. The molecule has 0 radical (unpaired) electrons. The molecule has 6 heteroatoms. The maximum absolute atomic E-state index is 12.8. The van der Waals surface area contributed by atoms with Gasteiger partial charge in [-0.25, -0.2) is 8.42 Å². The summed E-state index contributed by atoms with van der Waals surface area (Å²) in [6.07, 6.45) is 6.37. The van der Waals surface area contributed by atoms with Crippen molar-refractivity contribution in [2.45, 2.75) is 56.2 Å². The Kier molecular flexibility index (Phi) is 4.54. The lowest BCUT2D eigenvalue weighted by Gasteiger charge is -2.33. The summed E-state index contributed by atoms with van der Waals surface area (Å²) in [5.74, 6) is 0.618. The van der Waals surface area contributed by atoms with Crippen molar-refractivity contribution < 1.29 is 13.2 Å². The molecule has 0 aromatic heterocycles. The van der Waals surface area contributed by atoms with Gasteiger partial charge in [-0.05, 0) is 57.5 Å². The standard InChI is InChI=1S/C15H26N2O3S/c18-15(14-3-1-2-10-21(14,19)20)17(13-4-5-13)11-12-6-8-16-9-7-12/h12-14,16H,1-11H2. The Hall–Kier alpha value is -0.620. The van der Waals surface area contributed by atoms with Crippen LogP contribution in [0.5, 0.6) is 0 Å². The highest BCUT2D eigenvalue weighted by molar-refractivity contribution is 7.92. The Morgan fingerprint density at radius 2 is 1.76 bits per heavy atom. The van der Waals surface area contributed by atoms with E-state index in [1.54, 1.807) is 0 Å². The zero-order valence-corrected chi connectivity index (χ0v) is 13.4. The maximum Gasteiger partial charge on any atom is 0.241 e. The van der Waals surface area contributed by atoms with Crippen molar-refractivity contribution in [2.24, 2.45) is 5.92 Å². The summed E-state index contributed by atoms with van der Waals surface area (Å²) in [6, 6.07) is 0.310. The third-order valence-electron chi connectivity index (χ3n) is 5.04. The van der Waals surface area contributed by atoms with Gasteiger partial charge in [0, 0.05) is 12.6 Å². The maximum atomic E-state index is 12.8. The minimum atomic E-state index is -3.22. The van der Waals surface area contributed by atoms with Crippen LogP contribution in [0.25, 0.3) is 0 Å². The highest BCUT2D eigenvalue weighted by Gasteiger charge is 2.42. The van der Waals surface area contributed by atoms with Gasteiger partial charge >= 0.3 is 0 Å². The molecule has 1 amide bonds. The van der Waals surface area contributed by atoms with Gasteiger partial charge in [0.15, 0.2) is 9.84 Å². The Bertz CT molecular complexity index is 481. The van der Waals surface area contributed by atoms with Crippen molar-refractivity contribution >= 4 is 15.7 Å². The molecule has 2 saturated heterocycles. The summed E-state index contributed by atoms with van der Waals surface area (Å²) >= 11 is 0. The first-order valence-corrected chi connectivity index (χ1v) is 10.0. The Morgan fingerprint density at radius 1 is 1.05 bits per heavy atom. The molecule has 3 rings (SSSR count). The van der Waals surface area contributed by atoms with Gasteiger partial charge in [0.1, 0.15) is 5.25 Å². The summed E-state index contributed by atoms with van der Waals surface area (Å²) in [5.41, 5.74) is 0. The summed E-state index contributed by atoms with van der Waals surface area (Å²) in [4.78, 5) is 14.7. The molecule has 1 unspecified atom stereocenters. The Morgan fingerprint density at radius 3 is 2.38 bits per heavy atom. The molecule has 3 fully saturated rings. The van der Waals surface area contributed by atoms with Crippen molar-refractivity contribution in [2.75, 3.05) is 25.4 Å². The highest BCUT2D eigenvalue weighted by Crippen LogP contribution is 2.32. The monoisotopic (exact) mass is 314 g/mol. The molecule has 1 atom stereocenters.